The van der Waals surface area contributed by atoms with Gasteiger partial charge in [0.2, 0.25) is 5.89 Å². The third-order valence-corrected chi connectivity index (χ3v) is 2.50. The van der Waals surface area contributed by atoms with Gasteiger partial charge in [0.05, 0.1) is 12.7 Å². The van der Waals surface area contributed by atoms with Crippen LogP contribution in [0.1, 0.15) is 0 Å². The number of rotatable bonds is 2. The minimum Gasteiger partial charge on any atom is -0.497 e. The maximum absolute atomic E-state index is 5.65. The molecule has 0 saturated heterocycles. The Bertz CT molecular complexity index is 647. The van der Waals surface area contributed by atoms with Crippen molar-refractivity contribution in [2.75, 3.05) is 7.11 Å². The Hall–Kier alpha value is -2.36. The molecule has 2 aromatic heterocycles. The van der Waals surface area contributed by atoms with Crippen molar-refractivity contribution < 1.29 is 9.15 Å². The van der Waals surface area contributed by atoms with E-state index >= 15 is 0 Å². The van der Waals surface area contributed by atoms with E-state index in [4.69, 9.17) is 9.15 Å². The van der Waals surface area contributed by atoms with Gasteiger partial charge in [0.25, 0.3) is 0 Å². The zero-order valence-corrected chi connectivity index (χ0v) is 9.25. The zero-order chi connectivity index (χ0) is 11.7. The van der Waals surface area contributed by atoms with Gasteiger partial charge in [0.15, 0.2) is 5.58 Å². The predicted molar refractivity (Wildman–Crippen MR) is 63.8 cm³/mol. The first-order chi connectivity index (χ1) is 8.36. The second kappa shape index (κ2) is 3.90. The average molecular weight is 226 g/mol. The maximum Gasteiger partial charge on any atom is 0.228 e. The number of nitrogens with zero attached hydrogens (tertiary/aromatic N) is 2. The monoisotopic (exact) mass is 226 g/mol. The van der Waals surface area contributed by atoms with Crippen molar-refractivity contribution in [2.45, 2.75) is 0 Å². The topological polar surface area (TPSA) is 48.2 Å². The van der Waals surface area contributed by atoms with Crippen molar-refractivity contribution >= 4 is 11.1 Å². The van der Waals surface area contributed by atoms with Gasteiger partial charge in [-0.25, -0.2) is 4.98 Å². The van der Waals surface area contributed by atoms with Crippen molar-refractivity contribution in [1.82, 2.24) is 9.97 Å². The number of benzene rings is 1. The summed E-state index contributed by atoms with van der Waals surface area (Å²) >= 11 is 0. The summed E-state index contributed by atoms with van der Waals surface area (Å²) in [5.41, 5.74) is 2.38. The number of pyridine rings is 1. The lowest BCUT2D eigenvalue weighted by molar-refractivity contribution is 0.415. The van der Waals surface area contributed by atoms with Crippen LogP contribution in [0.25, 0.3) is 22.6 Å². The van der Waals surface area contributed by atoms with Crippen LogP contribution in [0.4, 0.5) is 0 Å². The van der Waals surface area contributed by atoms with E-state index in [1.165, 1.54) is 0 Å². The van der Waals surface area contributed by atoms with E-state index in [0.717, 1.165) is 22.4 Å². The number of aromatic nitrogens is 2. The third-order valence-electron chi connectivity index (χ3n) is 2.50. The largest absolute Gasteiger partial charge is 0.497 e. The molecule has 0 unspecified atom stereocenters. The molecule has 2 heterocycles. The Morgan fingerprint density at radius 1 is 1.24 bits per heavy atom. The number of hydrogen-bond donors (Lipinski definition) is 0. The second-order valence-corrected chi connectivity index (χ2v) is 3.59. The van der Waals surface area contributed by atoms with Crippen LogP contribution in [0.3, 0.4) is 0 Å². The van der Waals surface area contributed by atoms with E-state index < -0.39 is 0 Å². The fourth-order valence-electron chi connectivity index (χ4n) is 1.65. The van der Waals surface area contributed by atoms with Crippen LogP contribution in [0.15, 0.2) is 47.1 Å². The van der Waals surface area contributed by atoms with E-state index in [1.807, 2.05) is 30.3 Å². The second-order valence-electron chi connectivity index (χ2n) is 3.59. The molecule has 1 aromatic carbocycles. The average Bonchev–Trinajstić information content (AvgIpc) is 2.82. The molecule has 0 fully saturated rings. The lowest BCUT2D eigenvalue weighted by atomic mass is 10.3. The van der Waals surface area contributed by atoms with Crippen LogP contribution in [-0.2, 0) is 0 Å². The number of ether oxygens (including phenoxy) is 1. The van der Waals surface area contributed by atoms with Gasteiger partial charge in [0, 0.05) is 18.5 Å². The van der Waals surface area contributed by atoms with Gasteiger partial charge in [-0.1, -0.05) is 0 Å². The van der Waals surface area contributed by atoms with Crippen LogP contribution in [-0.4, -0.2) is 17.1 Å². The summed E-state index contributed by atoms with van der Waals surface area (Å²) < 4.78 is 10.8. The molecule has 0 spiro atoms. The normalized spacial score (nSPS) is 10.6. The highest BCUT2D eigenvalue weighted by Gasteiger charge is 2.08. The molecule has 0 saturated carbocycles. The van der Waals surface area contributed by atoms with Gasteiger partial charge >= 0.3 is 0 Å². The van der Waals surface area contributed by atoms with E-state index in [1.54, 1.807) is 19.5 Å². The van der Waals surface area contributed by atoms with Gasteiger partial charge in [-0.3, -0.25) is 4.98 Å². The highest BCUT2D eigenvalue weighted by atomic mass is 16.5. The molecular formula is C13H10N2O2. The molecule has 3 rings (SSSR count). The van der Waals surface area contributed by atoms with E-state index in [-0.39, 0.29) is 0 Å². The van der Waals surface area contributed by atoms with Crippen LogP contribution in [0, 0.1) is 0 Å². The summed E-state index contributed by atoms with van der Waals surface area (Å²) in [4.78, 5) is 8.45. The van der Waals surface area contributed by atoms with E-state index in [9.17, 15) is 0 Å². The lowest BCUT2D eigenvalue weighted by Crippen LogP contribution is -1.81. The molecule has 0 amide bonds. The molecule has 4 nitrogen and oxygen atoms in total. The molecule has 84 valence electrons. The van der Waals surface area contributed by atoms with Crippen molar-refractivity contribution in [3.05, 3.63) is 42.7 Å². The van der Waals surface area contributed by atoms with Gasteiger partial charge < -0.3 is 9.15 Å². The Morgan fingerprint density at radius 3 is 2.94 bits per heavy atom. The van der Waals surface area contributed by atoms with Crippen LogP contribution in [0.2, 0.25) is 0 Å². The summed E-state index contributed by atoms with van der Waals surface area (Å²) in [5, 5.41) is 0. The Kier molecular flexibility index (Phi) is 2.26. The highest BCUT2D eigenvalue weighted by molar-refractivity contribution is 5.77. The first-order valence-corrected chi connectivity index (χ1v) is 5.22. The summed E-state index contributed by atoms with van der Waals surface area (Å²) in [6.45, 7) is 0. The number of oxazole rings is 1. The highest BCUT2D eigenvalue weighted by Crippen LogP contribution is 2.26. The molecular weight excluding hydrogens is 216 g/mol. The van der Waals surface area contributed by atoms with Crippen molar-refractivity contribution in [2.24, 2.45) is 0 Å². The first kappa shape index (κ1) is 9.84. The molecule has 17 heavy (non-hydrogen) atoms. The molecule has 0 atom stereocenters. The van der Waals surface area contributed by atoms with Gasteiger partial charge in [0.1, 0.15) is 11.3 Å². The Balaban J connectivity index is 2.14. The van der Waals surface area contributed by atoms with E-state index in [2.05, 4.69) is 9.97 Å². The van der Waals surface area contributed by atoms with Crippen LogP contribution < -0.4 is 4.74 Å². The molecule has 0 aliphatic rings. The fourth-order valence-corrected chi connectivity index (χ4v) is 1.65. The van der Waals surface area contributed by atoms with Gasteiger partial charge in [-0.05, 0) is 24.3 Å². The SMILES string of the molecule is COc1ccc2oc(-c3cccnc3)nc2c1. The van der Waals surface area contributed by atoms with Crippen LogP contribution in [0.5, 0.6) is 5.75 Å². The predicted octanol–water partition coefficient (Wildman–Crippen LogP) is 2.90. The standard InChI is InChI=1S/C13H10N2O2/c1-16-10-4-5-12-11(7-10)15-13(17-12)9-3-2-6-14-8-9/h2-8H,1H3. The van der Waals surface area contributed by atoms with Gasteiger partial charge in [-0.2, -0.15) is 0 Å². The summed E-state index contributed by atoms with van der Waals surface area (Å²) in [7, 11) is 1.63. The van der Waals surface area contributed by atoms with Crippen molar-refractivity contribution in [3.8, 4) is 17.2 Å². The molecule has 0 aliphatic heterocycles. The van der Waals surface area contributed by atoms with E-state index in [0.29, 0.717) is 5.89 Å². The molecule has 0 radical (unpaired) electrons. The first-order valence-electron chi connectivity index (χ1n) is 5.22. The minimum absolute atomic E-state index is 0.571. The van der Waals surface area contributed by atoms with Crippen molar-refractivity contribution in [1.29, 1.82) is 0 Å². The smallest absolute Gasteiger partial charge is 0.228 e. The lowest BCUT2D eigenvalue weighted by Gasteiger charge is -1.95. The molecule has 3 aromatic rings. The maximum atomic E-state index is 5.65. The zero-order valence-electron chi connectivity index (χ0n) is 9.25. The fraction of sp³-hybridized carbons (Fsp3) is 0.0769. The summed E-state index contributed by atoms with van der Waals surface area (Å²) in [6, 6.07) is 9.31. The number of hydrogen-bond acceptors (Lipinski definition) is 4. The summed E-state index contributed by atoms with van der Waals surface area (Å²) in [5.74, 6) is 1.34. The quantitative estimate of drug-likeness (QED) is 0.674. The molecule has 4 heteroatoms. The summed E-state index contributed by atoms with van der Waals surface area (Å²) in [6.07, 6.45) is 3.44. The molecule has 0 bridgehead atoms. The third kappa shape index (κ3) is 1.73. The number of methoxy groups -OCH3 is 1. The Labute approximate surface area is 97.9 Å². The van der Waals surface area contributed by atoms with Crippen molar-refractivity contribution in [3.63, 3.8) is 0 Å². The number of fused-ring (bicyclic) bond motifs is 1. The molecule has 0 aliphatic carbocycles. The minimum atomic E-state index is 0.571. The van der Waals surface area contributed by atoms with Crippen LogP contribution >= 0.6 is 0 Å². The Morgan fingerprint density at radius 2 is 2.18 bits per heavy atom. The van der Waals surface area contributed by atoms with Gasteiger partial charge in [-0.15, -0.1) is 0 Å². The molecule has 0 N–H and O–H groups in total.